The standard InChI is InChI=1S/C22H24N6O2/c1-29-17-4-3-6-27(13-17)16-8-15(9-18(10-16)30-2)19-11-21(24)26-22(20(19)12-23)28-7-5-25-14-28/h5,7-11,14,17H,3-4,6,13H2,1-2H3,(H2,24,26). The average molecular weight is 404 g/mol. The normalized spacial score (nSPS) is 16.3. The van der Waals surface area contributed by atoms with E-state index in [2.05, 4.69) is 27.0 Å². The summed E-state index contributed by atoms with van der Waals surface area (Å²) >= 11 is 0. The van der Waals surface area contributed by atoms with E-state index in [0.29, 0.717) is 28.5 Å². The van der Waals surface area contributed by atoms with Crippen molar-refractivity contribution in [1.82, 2.24) is 14.5 Å². The van der Waals surface area contributed by atoms with Crippen LogP contribution in [0.1, 0.15) is 18.4 Å². The minimum Gasteiger partial charge on any atom is -0.497 e. The van der Waals surface area contributed by atoms with E-state index in [1.807, 2.05) is 12.1 Å². The van der Waals surface area contributed by atoms with Crippen LogP contribution >= 0.6 is 0 Å². The quantitative estimate of drug-likeness (QED) is 0.697. The molecule has 3 aromatic rings. The Morgan fingerprint density at radius 1 is 1.23 bits per heavy atom. The molecular weight excluding hydrogens is 380 g/mol. The first-order valence-corrected chi connectivity index (χ1v) is 9.79. The van der Waals surface area contributed by atoms with Crippen molar-refractivity contribution in [1.29, 1.82) is 5.26 Å². The van der Waals surface area contributed by atoms with Gasteiger partial charge in [-0.15, -0.1) is 0 Å². The summed E-state index contributed by atoms with van der Waals surface area (Å²) in [5.41, 5.74) is 9.10. The van der Waals surface area contributed by atoms with E-state index >= 15 is 0 Å². The number of hydrogen-bond acceptors (Lipinski definition) is 7. The molecule has 4 rings (SSSR count). The lowest BCUT2D eigenvalue weighted by atomic mass is 9.99. The van der Waals surface area contributed by atoms with Crippen molar-refractivity contribution in [2.45, 2.75) is 18.9 Å². The van der Waals surface area contributed by atoms with E-state index in [1.54, 1.807) is 43.6 Å². The molecule has 1 aromatic carbocycles. The van der Waals surface area contributed by atoms with Crippen LogP contribution < -0.4 is 15.4 Å². The van der Waals surface area contributed by atoms with Crippen molar-refractivity contribution in [3.63, 3.8) is 0 Å². The zero-order valence-corrected chi connectivity index (χ0v) is 17.1. The van der Waals surface area contributed by atoms with Crippen LogP contribution in [0.4, 0.5) is 11.5 Å². The van der Waals surface area contributed by atoms with Gasteiger partial charge in [0.25, 0.3) is 0 Å². The number of piperidine rings is 1. The first kappa shape index (κ1) is 19.7. The Kier molecular flexibility index (Phi) is 5.55. The van der Waals surface area contributed by atoms with Crippen LogP contribution in [-0.4, -0.2) is 47.9 Å². The summed E-state index contributed by atoms with van der Waals surface area (Å²) in [5, 5.41) is 9.94. The lowest BCUT2D eigenvalue weighted by molar-refractivity contribution is 0.0893. The molecule has 0 spiro atoms. The smallest absolute Gasteiger partial charge is 0.158 e. The second-order valence-electron chi connectivity index (χ2n) is 7.24. The molecule has 0 radical (unpaired) electrons. The summed E-state index contributed by atoms with van der Waals surface area (Å²) in [6, 6.07) is 10.0. The molecule has 8 nitrogen and oxygen atoms in total. The van der Waals surface area contributed by atoms with Crippen molar-refractivity contribution in [2.75, 3.05) is 37.9 Å². The number of methoxy groups -OCH3 is 2. The van der Waals surface area contributed by atoms with Crippen LogP contribution in [-0.2, 0) is 4.74 Å². The number of nitrogen functional groups attached to an aromatic ring is 1. The van der Waals surface area contributed by atoms with Gasteiger partial charge in [0, 0.05) is 49.9 Å². The fourth-order valence-electron chi connectivity index (χ4n) is 3.86. The van der Waals surface area contributed by atoms with Gasteiger partial charge in [-0.05, 0) is 36.6 Å². The highest BCUT2D eigenvalue weighted by molar-refractivity contribution is 5.79. The molecule has 1 aliphatic heterocycles. The maximum absolute atomic E-state index is 9.94. The molecule has 0 saturated carbocycles. The molecular formula is C22H24N6O2. The fraction of sp³-hybridized carbons (Fsp3) is 0.318. The number of nitriles is 1. The van der Waals surface area contributed by atoms with Gasteiger partial charge in [-0.25, -0.2) is 9.97 Å². The molecule has 1 atom stereocenters. The van der Waals surface area contributed by atoms with Gasteiger partial charge in [0.05, 0.1) is 13.2 Å². The Morgan fingerprint density at radius 3 is 2.80 bits per heavy atom. The van der Waals surface area contributed by atoms with Gasteiger partial charge < -0.3 is 20.1 Å². The van der Waals surface area contributed by atoms with Crippen molar-refractivity contribution in [3.8, 4) is 28.8 Å². The Labute approximate surface area is 175 Å². The first-order chi connectivity index (χ1) is 14.6. The number of pyridine rings is 1. The molecule has 2 aromatic heterocycles. The third-order valence-corrected chi connectivity index (χ3v) is 5.40. The number of imidazole rings is 1. The number of ether oxygens (including phenoxy) is 2. The van der Waals surface area contributed by atoms with E-state index < -0.39 is 0 Å². The molecule has 8 heteroatoms. The number of aromatic nitrogens is 3. The molecule has 1 unspecified atom stereocenters. The van der Waals surface area contributed by atoms with Crippen molar-refractivity contribution in [2.24, 2.45) is 0 Å². The summed E-state index contributed by atoms with van der Waals surface area (Å²) in [6.45, 7) is 1.75. The molecule has 1 aliphatic rings. The summed E-state index contributed by atoms with van der Waals surface area (Å²) in [5.74, 6) is 1.49. The van der Waals surface area contributed by atoms with Gasteiger partial charge in [0.2, 0.25) is 0 Å². The minimum absolute atomic E-state index is 0.201. The molecule has 2 N–H and O–H groups in total. The van der Waals surface area contributed by atoms with E-state index in [1.165, 1.54) is 0 Å². The zero-order valence-electron chi connectivity index (χ0n) is 17.1. The summed E-state index contributed by atoms with van der Waals surface area (Å²) in [7, 11) is 3.39. The number of benzene rings is 1. The molecule has 154 valence electrons. The molecule has 3 heterocycles. The highest BCUT2D eigenvalue weighted by atomic mass is 16.5. The second kappa shape index (κ2) is 8.43. The van der Waals surface area contributed by atoms with Crippen molar-refractivity contribution in [3.05, 3.63) is 48.5 Å². The highest BCUT2D eigenvalue weighted by Gasteiger charge is 2.22. The molecule has 0 aliphatic carbocycles. The topological polar surface area (TPSA) is 102 Å². The predicted octanol–water partition coefficient (Wildman–Crippen LogP) is 3.01. The van der Waals surface area contributed by atoms with Crippen LogP contribution in [0.5, 0.6) is 5.75 Å². The highest BCUT2D eigenvalue weighted by Crippen LogP contribution is 2.35. The largest absolute Gasteiger partial charge is 0.497 e. The number of nitrogens with two attached hydrogens (primary N) is 1. The van der Waals surface area contributed by atoms with Gasteiger partial charge in [-0.1, -0.05) is 0 Å². The molecule has 0 bridgehead atoms. The number of hydrogen-bond donors (Lipinski definition) is 1. The van der Waals surface area contributed by atoms with Gasteiger partial charge >= 0.3 is 0 Å². The average Bonchev–Trinajstić information content (AvgIpc) is 3.33. The maximum atomic E-state index is 9.94. The minimum atomic E-state index is 0.201. The third kappa shape index (κ3) is 3.80. The first-order valence-electron chi connectivity index (χ1n) is 9.79. The van der Waals surface area contributed by atoms with Gasteiger partial charge in [0.1, 0.15) is 29.5 Å². The SMILES string of the molecule is COc1cc(-c2cc(N)nc(-n3ccnc3)c2C#N)cc(N2CCCC(OC)C2)c1. The maximum Gasteiger partial charge on any atom is 0.158 e. The van der Waals surface area contributed by atoms with Crippen molar-refractivity contribution >= 4 is 11.5 Å². The van der Waals surface area contributed by atoms with Gasteiger partial charge in [0.15, 0.2) is 5.82 Å². The Balaban J connectivity index is 1.84. The van der Waals surface area contributed by atoms with Crippen LogP contribution in [0.3, 0.4) is 0 Å². The van der Waals surface area contributed by atoms with E-state index in [-0.39, 0.29) is 6.10 Å². The number of rotatable bonds is 5. The van der Waals surface area contributed by atoms with E-state index in [4.69, 9.17) is 15.2 Å². The van der Waals surface area contributed by atoms with Crippen LogP contribution in [0.15, 0.2) is 43.0 Å². The molecule has 1 saturated heterocycles. The van der Waals surface area contributed by atoms with Crippen LogP contribution in [0.25, 0.3) is 16.9 Å². The monoisotopic (exact) mass is 404 g/mol. The summed E-state index contributed by atoms with van der Waals surface area (Å²) in [4.78, 5) is 10.7. The fourth-order valence-corrected chi connectivity index (χ4v) is 3.86. The van der Waals surface area contributed by atoms with Crippen LogP contribution in [0.2, 0.25) is 0 Å². The molecule has 1 fully saturated rings. The van der Waals surface area contributed by atoms with Gasteiger partial charge in [-0.3, -0.25) is 4.57 Å². The molecule has 0 amide bonds. The molecule has 30 heavy (non-hydrogen) atoms. The summed E-state index contributed by atoms with van der Waals surface area (Å²) < 4.78 is 12.8. The van der Waals surface area contributed by atoms with E-state index in [9.17, 15) is 5.26 Å². The zero-order chi connectivity index (χ0) is 21.1. The third-order valence-electron chi connectivity index (χ3n) is 5.40. The van der Waals surface area contributed by atoms with Gasteiger partial charge in [-0.2, -0.15) is 5.26 Å². The number of anilines is 2. The van der Waals surface area contributed by atoms with Crippen LogP contribution in [0, 0.1) is 11.3 Å². The Hall–Kier alpha value is -3.57. The lowest BCUT2D eigenvalue weighted by Crippen LogP contribution is -2.39. The second-order valence-corrected chi connectivity index (χ2v) is 7.24. The van der Waals surface area contributed by atoms with Crippen molar-refractivity contribution < 1.29 is 9.47 Å². The Morgan fingerprint density at radius 2 is 2.10 bits per heavy atom. The summed E-state index contributed by atoms with van der Waals surface area (Å²) in [6.07, 6.45) is 7.29. The number of nitrogens with zero attached hydrogens (tertiary/aromatic N) is 5. The lowest BCUT2D eigenvalue weighted by Gasteiger charge is -2.34. The van der Waals surface area contributed by atoms with E-state index in [0.717, 1.165) is 37.2 Å². The Bertz CT molecular complexity index is 1070. The predicted molar refractivity (Wildman–Crippen MR) is 115 cm³/mol.